The number of rotatable bonds is 3. The maximum Gasteiger partial charge on any atom is 0.124 e. The van der Waals surface area contributed by atoms with Crippen LogP contribution in [-0.2, 0) is 0 Å². The Morgan fingerprint density at radius 1 is 1.11 bits per heavy atom. The minimum absolute atomic E-state index is 0.304. The molecule has 0 saturated heterocycles. The first-order valence-electron chi connectivity index (χ1n) is 6.49. The first-order chi connectivity index (χ1) is 9.36. The summed E-state index contributed by atoms with van der Waals surface area (Å²) in [6, 6.07) is 16.5. The fourth-order valence-corrected chi connectivity index (χ4v) is 2.38. The van der Waals surface area contributed by atoms with Gasteiger partial charge >= 0.3 is 0 Å². The SMILES string of the molecule is COc1ccc(NC2CCOc3ccccc32)cc1. The molecule has 19 heavy (non-hydrogen) atoms. The predicted octanol–water partition coefficient (Wildman–Crippen LogP) is 3.63. The number of para-hydroxylation sites is 1. The molecule has 1 unspecified atom stereocenters. The van der Waals surface area contributed by atoms with Gasteiger partial charge in [-0.15, -0.1) is 0 Å². The van der Waals surface area contributed by atoms with E-state index in [0.29, 0.717) is 6.04 Å². The molecule has 0 amide bonds. The molecule has 0 bridgehead atoms. The predicted molar refractivity (Wildman–Crippen MR) is 75.9 cm³/mol. The van der Waals surface area contributed by atoms with E-state index in [1.807, 2.05) is 36.4 Å². The van der Waals surface area contributed by atoms with E-state index in [0.717, 1.165) is 30.2 Å². The van der Waals surface area contributed by atoms with Crippen LogP contribution in [0.25, 0.3) is 0 Å². The van der Waals surface area contributed by atoms with Crippen molar-refractivity contribution in [3.05, 3.63) is 54.1 Å². The van der Waals surface area contributed by atoms with Crippen molar-refractivity contribution in [2.45, 2.75) is 12.5 Å². The topological polar surface area (TPSA) is 30.5 Å². The number of hydrogen-bond acceptors (Lipinski definition) is 3. The summed E-state index contributed by atoms with van der Waals surface area (Å²) in [5, 5.41) is 3.55. The van der Waals surface area contributed by atoms with Crippen LogP contribution in [0.2, 0.25) is 0 Å². The molecule has 0 radical (unpaired) electrons. The second-order valence-corrected chi connectivity index (χ2v) is 4.60. The van der Waals surface area contributed by atoms with E-state index in [9.17, 15) is 0 Å². The van der Waals surface area contributed by atoms with Crippen LogP contribution in [0.15, 0.2) is 48.5 Å². The van der Waals surface area contributed by atoms with Crippen molar-refractivity contribution >= 4 is 5.69 Å². The summed E-state index contributed by atoms with van der Waals surface area (Å²) in [7, 11) is 1.68. The van der Waals surface area contributed by atoms with E-state index in [1.54, 1.807) is 7.11 Å². The summed E-state index contributed by atoms with van der Waals surface area (Å²) in [4.78, 5) is 0. The number of benzene rings is 2. The monoisotopic (exact) mass is 255 g/mol. The molecule has 3 nitrogen and oxygen atoms in total. The number of hydrogen-bond donors (Lipinski definition) is 1. The average Bonchev–Trinajstić information content (AvgIpc) is 2.48. The maximum atomic E-state index is 5.67. The molecule has 1 aliphatic heterocycles. The highest BCUT2D eigenvalue weighted by molar-refractivity contribution is 5.50. The van der Waals surface area contributed by atoms with Crippen molar-refractivity contribution in [1.29, 1.82) is 0 Å². The molecule has 3 rings (SSSR count). The molecular formula is C16H17NO2. The normalized spacial score (nSPS) is 17.2. The van der Waals surface area contributed by atoms with Gasteiger partial charge in [0.05, 0.1) is 19.8 Å². The first-order valence-corrected chi connectivity index (χ1v) is 6.49. The third-order valence-electron chi connectivity index (χ3n) is 3.39. The summed E-state index contributed by atoms with van der Waals surface area (Å²) < 4.78 is 10.8. The molecule has 98 valence electrons. The molecule has 1 heterocycles. The van der Waals surface area contributed by atoms with Gasteiger partial charge in [0.15, 0.2) is 0 Å². The number of nitrogens with one attached hydrogen (secondary N) is 1. The Balaban J connectivity index is 1.80. The van der Waals surface area contributed by atoms with Crippen molar-refractivity contribution in [3.63, 3.8) is 0 Å². The van der Waals surface area contributed by atoms with Gasteiger partial charge in [0, 0.05) is 17.7 Å². The highest BCUT2D eigenvalue weighted by Gasteiger charge is 2.20. The number of fused-ring (bicyclic) bond motifs is 1. The zero-order chi connectivity index (χ0) is 13.1. The lowest BCUT2D eigenvalue weighted by atomic mass is 10.0. The third kappa shape index (κ3) is 2.50. The Labute approximate surface area is 113 Å². The van der Waals surface area contributed by atoms with Crippen LogP contribution >= 0.6 is 0 Å². The Morgan fingerprint density at radius 3 is 2.68 bits per heavy atom. The van der Waals surface area contributed by atoms with Crippen molar-refractivity contribution in [2.75, 3.05) is 19.0 Å². The highest BCUT2D eigenvalue weighted by Crippen LogP contribution is 2.34. The van der Waals surface area contributed by atoms with Gasteiger partial charge in [-0.3, -0.25) is 0 Å². The van der Waals surface area contributed by atoms with Gasteiger partial charge in [0.2, 0.25) is 0 Å². The zero-order valence-corrected chi connectivity index (χ0v) is 10.9. The quantitative estimate of drug-likeness (QED) is 0.908. The third-order valence-corrected chi connectivity index (χ3v) is 3.39. The molecule has 0 fully saturated rings. The summed E-state index contributed by atoms with van der Waals surface area (Å²) in [6.07, 6.45) is 0.975. The summed E-state index contributed by atoms with van der Waals surface area (Å²) in [6.45, 7) is 0.755. The summed E-state index contributed by atoms with van der Waals surface area (Å²) >= 11 is 0. The van der Waals surface area contributed by atoms with Gasteiger partial charge in [-0.1, -0.05) is 18.2 Å². The van der Waals surface area contributed by atoms with E-state index in [4.69, 9.17) is 9.47 Å². The molecule has 2 aromatic carbocycles. The van der Waals surface area contributed by atoms with E-state index < -0.39 is 0 Å². The molecule has 2 aromatic rings. The van der Waals surface area contributed by atoms with Gasteiger partial charge in [-0.25, -0.2) is 0 Å². The summed E-state index contributed by atoms with van der Waals surface area (Å²) in [5.74, 6) is 1.86. The second kappa shape index (κ2) is 5.22. The Bertz CT molecular complexity index is 551. The first kappa shape index (κ1) is 11.9. The Morgan fingerprint density at radius 2 is 1.89 bits per heavy atom. The Hall–Kier alpha value is -2.16. The van der Waals surface area contributed by atoms with Crippen molar-refractivity contribution in [3.8, 4) is 11.5 Å². The molecule has 0 aliphatic carbocycles. The number of anilines is 1. The van der Waals surface area contributed by atoms with E-state index in [-0.39, 0.29) is 0 Å². The Kier molecular flexibility index (Phi) is 3.27. The van der Waals surface area contributed by atoms with Crippen molar-refractivity contribution < 1.29 is 9.47 Å². The van der Waals surface area contributed by atoms with Crippen LogP contribution < -0.4 is 14.8 Å². The number of methoxy groups -OCH3 is 1. The van der Waals surface area contributed by atoms with E-state index in [2.05, 4.69) is 17.4 Å². The number of ether oxygens (including phenoxy) is 2. The molecule has 1 N–H and O–H groups in total. The molecule has 0 saturated carbocycles. The highest BCUT2D eigenvalue weighted by atomic mass is 16.5. The van der Waals surface area contributed by atoms with Crippen LogP contribution in [0, 0.1) is 0 Å². The van der Waals surface area contributed by atoms with Crippen LogP contribution in [0.1, 0.15) is 18.0 Å². The van der Waals surface area contributed by atoms with E-state index in [1.165, 1.54) is 5.56 Å². The molecule has 1 atom stereocenters. The van der Waals surface area contributed by atoms with Gasteiger partial charge in [0.25, 0.3) is 0 Å². The minimum Gasteiger partial charge on any atom is -0.497 e. The van der Waals surface area contributed by atoms with Gasteiger partial charge in [0.1, 0.15) is 11.5 Å². The van der Waals surface area contributed by atoms with Crippen LogP contribution in [0.3, 0.4) is 0 Å². The lowest BCUT2D eigenvalue weighted by molar-refractivity contribution is 0.274. The molecule has 1 aliphatic rings. The average molecular weight is 255 g/mol. The lowest BCUT2D eigenvalue weighted by Crippen LogP contribution is -2.20. The van der Waals surface area contributed by atoms with Crippen molar-refractivity contribution in [1.82, 2.24) is 0 Å². The molecule has 3 heteroatoms. The van der Waals surface area contributed by atoms with E-state index >= 15 is 0 Å². The summed E-state index contributed by atoms with van der Waals surface area (Å²) in [5.41, 5.74) is 2.33. The maximum absolute atomic E-state index is 5.67. The van der Waals surface area contributed by atoms with Crippen LogP contribution in [-0.4, -0.2) is 13.7 Å². The molecule has 0 spiro atoms. The smallest absolute Gasteiger partial charge is 0.124 e. The second-order valence-electron chi connectivity index (χ2n) is 4.60. The fraction of sp³-hybridized carbons (Fsp3) is 0.250. The van der Waals surface area contributed by atoms with Gasteiger partial charge < -0.3 is 14.8 Å². The molecular weight excluding hydrogens is 238 g/mol. The largest absolute Gasteiger partial charge is 0.497 e. The van der Waals surface area contributed by atoms with Gasteiger partial charge in [-0.2, -0.15) is 0 Å². The zero-order valence-electron chi connectivity index (χ0n) is 10.9. The minimum atomic E-state index is 0.304. The fourth-order valence-electron chi connectivity index (χ4n) is 2.38. The van der Waals surface area contributed by atoms with Gasteiger partial charge in [-0.05, 0) is 30.3 Å². The van der Waals surface area contributed by atoms with Crippen LogP contribution in [0.4, 0.5) is 5.69 Å². The van der Waals surface area contributed by atoms with Crippen molar-refractivity contribution in [2.24, 2.45) is 0 Å². The lowest BCUT2D eigenvalue weighted by Gasteiger charge is -2.27. The van der Waals surface area contributed by atoms with Crippen LogP contribution in [0.5, 0.6) is 11.5 Å². The standard InChI is InChI=1S/C16H17NO2/c1-18-13-8-6-12(7-9-13)17-15-10-11-19-16-5-3-2-4-14(15)16/h2-9,15,17H,10-11H2,1H3. The molecule has 0 aromatic heterocycles.